The molecule has 2 unspecified atom stereocenters. The molecule has 2 aromatic carbocycles. The van der Waals surface area contributed by atoms with Gasteiger partial charge in [-0.15, -0.1) is 0 Å². The minimum Gasteiger partial charge on any atom is -0.464 e. The first-order chi connectivity index (χ1) is 18.9. The Morgan fingerprint density at radius 3 is 2.51 bits per heavy atom. The van der Waals surface area contributed by atoms with E-state index in [1.54, 1.807) is 17.4 Å². The number of nitrogens with one attached hydrogen (secondary N) is 1. The molecular formula is C31H35N5O3. The van der Waals surface area contributed by atoms with E-state index >= 15 is 0 Å². The van der Waals surface area contributed by atoms with Gasteiger partial charge in [0.05, 0.1) is 12.0 Å². The van der Waals surface area contributed by atoms with Crippen LogP contribution in [-0.4, -0.2) is 56.6 Å². The van der Waals surface area contributed by atoms with Crippen LogP contribution in [0.3, 0.4) is 0 Å². The number of furan rings is 1. The first kappa shape index (κ1) is 26.4. The predicted molar refractivity (Wildman–Crippen MR) is 150 cm³/mol. The van der Waals surface area contributed by atoms with Gasteiger partial charge in [0.25, 0.3) is 0 Å². The molecule has 2 atom stereocenters. The Bertz CT molecular complexity index is 1380. The van der Waals surface area contributed by atoms with Gasteiger partial charge in [0, 0.05) is 56.1 Å². The highest BCUT2D eigenvalue weighted by molar-refractivity contribution is 5.89. The van der Waals surface area contributed by atoms with Gasteiger partial charge in [-0.2, -0.15) is 5.10 Å². The smallest absolute Gasteiger partial charge is 0.244 e. The normalized spacial score (nSPS) is 17.9. The van der Waals surface area contributed by atoms with Crippen molar-refractivity contribution in [1.82, 2.24) is 24.9 Å². The third-order valence-corrected chi connectivity index (χ3v) is 7.18. The summed E-state index contributed by atoms with van der Waals surface area (Å²) in [6.07, 6.45) is 5.34. The van der Waals surface area contributed by atoms with Crippen molar-refractivity contribution in [2.75, 3.05) is 13.1 Å². The zero-order chi connectivity index (χ0) is 27.4. The van der Waals surface area contributed by atoms with Crippen molar-refractivity contribution < 1.29 is 14.0 Å². The Kier molecular flexibility index (Phi) is 7.93. The lowest BCUT2D eigenvalue weighted by molar-refractivity contribution is -0.150. The Labute approximate surface area is 229 Å². The fourth-order valence-electron chi connectivity index (χ4n) is 5.24. The molecule has 2 amide bonds. The van der Waals surface area contributed by atoms with E-state index in [1.807, 2.05) is 92.3 Å². The van der Waals surface area contributed by atoms with Gasteiger partial charge in [-0.25, -0.2) is 4.68 Å². The maximum absolute atomic E-state index is 13.6. The molecule has 8 heteroatoms. The van der Waals surface area contributed by atoms with Crippen molar-refractivity contribution in [1.29, 1.82) is 0 Å². The van der Waals surface area contributed by atoms with Gasteiger partial charge in [-0.3, -0.25) is 14.5 Å². The second kappa shape index (κ2) is 11.7. The van der Waals surface area contributed by atoms with Crippen LogP contribution in [0.15, 0.2) is 89.8 Å². The molecule has 0 spiro atoms. The number of amides is 2. The Morgan fingerprint density at radius 2 is 1.82 bits per heavy atom. The zero-order valence-electron chi connectivity index (χ0n) is 22.7. The lowest BCUT2D eigenvalue weighted by Gasteiger charge is -2.45. The van der Waals surface area contributed by atoms with Crippen molar-refractivity contribution in [3.8, 4) is 17.0 Å². The molecule has 1 N–H and O–H groups in total. The second-order valence-electron chi connectivity index (χ2n) is 10.4. The number of hydrogen-bond donors (Lipinski definition) is 1. The number of benzene rings is 2. The lowest BCUT2D eigenvalue weighted by atomic mass is 10.0. The van der Waals surface area contributed by atoms with Crippen LogP contribution in [0, 0.1) is 5.92 Å². The van der Waals surface area contributed by atoms with Crippen LogP contribution in [0.1, 0.15) is 31.9 Å². The molecular weight excluding hydrogens is 490 g/mol. The largest absolute Gasteiger partial charge is 0.464 e. The van der Waals surface area contributed by atoms with E-state index in [2.05, 4.69) is 21.4 Å². The highest BCUT2D eigenvalue weighted by atomic mass is 16.3. The maximum Gasteiger partial charge on any atom is 0.244 e. The molecule has 5 rings (SSSR count). The molecule has 39 heavy (non-hydrogen) atoms. The lowest BCUT2D eigenvalue weighted by Crippen LogP contribution is -2.64. The molecule has 1 saturated heterocycles. The molecule has 2 aromatic heterocycles. The van der Waals surface area contributed by atoms with Crippen LogP contribution < -0.4 is 5.32 Å². The molecule has 0 aliphatic carbocycles. The van der Waals surface area contributed by atoms with Gasteiger partial charge in [-0.1, -0.05) is 56.3 Å². The number of carbonyl (C=O) groups is 2. The molecule has 0 saturated carbocycles. The van der Waals surface area contributed by atoms with E-state index in [-0.39, 0.29) is 23.8 Å². The third kappa shape index (κ3) is 5.96. The molecule has 202 valence electrons. The van der Waals surface area contributed by atoms with Crippen molar-refractivity contribution in [2.45, 2.75) is 45.9 Å². The summed E-state index contributed by atoms with van der Waals surface area (Å²) >= 11 is 0. The number of rotatable bonds is 8. The van der Waals surface area contributed by atoms with Crippen LogP contribution in [0.2, 0.25) is 0 Å². The van der Waals surface area contributed by atoms with E-state index < -0.39 is 6.04 Å². The summed E-state index contributed by atoms with van der Waals surface area (Å²) < 4.78 is 7.32. The van der Waals surface area contributed by atoms with Gasteiger partial charge >= 0.3 is 0 Å². The fraction of sp³-hybridized carbons (Fsp3) is 0.323. The number of nitrogens with zero attached hydrogens (tertiary/aromatic N) is 4. The van der Waals surface area contributed by atoms with Crippen molar-refractivity contribution in [2.24, 2.45) is 5.92 Å². The monoisotopic (exact) mass is 525 g/mol. The number of para-hydroxylation sites is 1. The minimum atomic E-state index is -0.581. The Morgan fingerprint density at radius 1 is 1.03 bits per heavy atom. The topological polar surface area (TPSA) is 83.6 Å². The highest BCUT2D eigenvalue weighted by Crippen LogP contribution is 2.24. The van der Waals surface area contributed by atoms with E-state index in [0.29, 0.717) is 26.2 Å². The Balaban J connectivity index is 1.31. The summed E-state index contributed by atoms with van der Waals surface area (Å²) in [6.45, 7) is 7.98. The molecule has 0 bridgehead atoms. The van der Waals surface area contributed by atoms with Gasteiger partial charge in [-0.05, 0) is 42.3 Å². The number of carbonyl (C=O) groups excluding carboxylic acids is 2. The molecule has 8 nitrogen and oxygen atoms in total. The van der Waals surface area contributed by atoms with Gasteiger partial charge in [0.2, 0.25) is 11.8 Å². The van der Waals surface area contributed by atoms with Crippen LogP contribution in [0.5, 0.6) is 0 Å². The molecule has 1 fully saturated rings. The number of piperazine rings is 1. The van der Waals surface area contributed by atoms with E-state index in [1.165, 1.54) is 0 Å². The average Bonchev–Trinajstić information content (AvgIpc) is 3.67. The highest BCUT2D eigenvalue weighted by Gasteiger charge is 2.40. The first-order valence-electron chi connectivity index (χ1n) is 13.4. The Hall–Kier alpha value is -4.17. The fourth-order valence-corrected chi connectivity index (χ4v) is 5.24. The van der Waals surface area contributed by atoms with E-state index in [9.17, 15) is 9.59 Å². The zero-order valence-corrected chi connectivity index (χ0v) is 22.7. The van der Waals surface area contributed by atoms with Gasteiger partial charge in [0.1, 0.15) is 11.8 Å². The average molecular weight is 526 g/mol. The molecule has 3 heterocycles. The van der Waals surface area contributed by atoms with Crippen molar-refractivity contribution in [3.63, 3.8) is 0 Å². The van der Waals surface area contributed by atoms with E-state index in [0.717, 1.165) is 28.1 Å². The van der Waals surface area contributed by atoms with Crippen LogP contribution in [-0.2, 0) is 22.7 Å². The summed E-state index contributed by atoms with van der Waals surface area (Å²) in [5.41, 5.74) is 4.09. The number of aromatic nitrogens is 2. The van der Waals surface area contributed by atoms with Crippen molar-refractivity contribution >= 4 is 11.8 Å². The summed E-state index contributed by atoms with van der Waals surface area (Å²) in [6, 6.07) is 21.1. The van der Waals surface area contributed by atoms with Gasteiger partial charge in [0.15, 0.2) is 0 Å². The summed E-state index contributed by atoms with van der Waals surface area (Å²) in [5, 5.41) is 7.49. The molecule has 1 aliphatic rings. The first-order valence-corrected chi connectivity index (χ1v) is 13.4. The quantitative estimate of drug-likeness (QED) is 0.366. The molecule has 1 aliphatic heterocycles. The predicted octanol–water partition coefficient (Wildman–Crippen LogP) is 4.51. The van der Waals surface area contributed by atoms with Crippen LogP contribution in [0.25, 0.3) is 17.0 Å². The summed E-state index contributed by atoms with van der Waals surface area (Å²) in [4.78, 5) is 30.9. The maximum atomic E-state index is 13.6. The second-order valence-corrected chi connectivity index (χ2v) is 10.4. The minimum absolute atomic E-state index is 0.00189. The number of hydrogen-bond acceptors (Lipinski definition) is 5. The third-order valence-electron chi connectivity index (χ3n) is 7.18. The van der Waals surface area contributed by atoms with E-state index in [4.69, 9.17) is 4.42 Å². The summed E-state index contributed by atoms with van der Waals surface area (Å²) in [5.74, 6) is 0.473. The van der Waals surface area contributed by atoms with Crippen molar-refractivity contribution in [3.05, 3.63) is 96.5 Å². The molecule has 4 aromatic rings. The van der Waals surface area contributed by atoms with Crippen LogP contribution in [0.4, 0.5) is 0 Å². The SMILES string of the molecule is CC(C)C(=O)N1C(C)CN(Cc2ccccc2-n2cccn2)CC1C(=O)NCc1ccc(-c2ccco2)cc1. The van der Waals surface area contributed by atoms with Gasteiger partial charge < -0.3 is 14.6 Å². The molecule has 0 radical (unpaired) electrons. The summed E-state index contributed by atoms with van der Waals surface area (Å²) in [7, 11) is 0. The standard InChI is InChI=1S/C31H35N5O3/c1-22(2)31(38)36-23(3)19-34(20-26-8-4-5-9-27(26)35-16-7-15-33-35)21-28(36)30(37)32-18-24-11-13-25(14-12-24)29-10-6-17-39-29/h4-17,22-23,28H,18-21H2,1-3H3,(H,32,37). The van der Waals surface area contributed by atoms with Crippen LogP contribution >= 0.6 is 0 Å².